The van der Waals surface area contributed by atoms with E-state index in [4.69, 9.17) is 9.26 Å². The van der Waals surface area contributed by atoms with Crippen LogP contribution in [0, 0.1) is 5.92 Å². The smallest absolute Gasteiger partial charge is 0.328 e. The summed E-state index contributed by atoms with van der Waals surface area (Å²) in [6, 6.07) is -0.695. The highest BCUT2D eigenvalue weighted by Crippen LogP contribution is 2.34. The minimum Gasteiger partial charge on any atom is -0.467 e. The number of ether oxygens (including phenoxy) is 1. The van der Waals surface area contributed by atoms with Crippen LogP contribution in [0.1, 0.15) is 77.4 Å². The van der Waals surface area contributed by atoms with Gasteiger partial charge in [-0.05, 0) is 18.8 Å². The van der Waals surface area contributed by atoms with Crippen molar-refractivity contribution in [3.8, 4) is 0 Å². The molecular formula is C20H32N4O5. The molecule has 1 aliphatic carbocycles. The standard InChI is InChI=1S/C20H32N4O5/c1-13(2)17(18(27)28-4)21-15(26)9-10-16-22-19(24-29-16)20(23-14(3)25)11-7-5-6-8-12-20/h13,17H,5-12H2,1-4H3,(H,21,26)(H,23,25)/t17-/m0/s1. The van der Waals surface area contributed by atoms with Gasteiger partial charge < -0.3 is 19.9 Å². The molecule has 1 aliphatic rings. The lowest BCUT2D eigenvalue weighted by Gasteiger charge is -2.30. The highest BCUT2D eigenvalue weighted by Gasteiger charge is 2.38. The van der Waals surface area contributed by atoms with E-state index in [0.29, 0.717) is 11.7 Å². The van der Waals surface area contributed by atoms with Crippen LogP contribution in [0.15, 0.2) is 4.52 Å². The summed E-state index contributed by atoms with van der Waals surface area (Å²) in [4.78, 5) is 40.3. The second-order valence-corrected chi connectivity index (χ2v) is 8.00. The van der Waals surface area contributed by atoms with Gasteiger partial charge >= 0.3 is 5.97 Å². The third-order valence-electron chi connectivity index (χ3n) is 5.27. The van der Waals surface area contributed by atoms with Crippen molar-refractivity contribution in [2.24, 2.45) is 5.92 Å². The zero-order chi connectivity index (χ0) is 21.4. The van der Waals surface area contributed by atoms with E-state index in [-0.39, 0.29) is 30.6 Å². The normalized spacial score (nSPS) is 17.3. The van der Waals surface area contributed by atoms with Gasteiger partial charge in [0.25, 0.3) is 0 Å². The lowest BCUT2D eigenvalue weighted by atomic mass is 9.89. The van der Waals surface area contributed by atoms with Gasteiger partial charge in [-0.15, -0.1) is 0 Å². The van der Waals surface area contributed by atoms with Gasteiger partial charge in [-0.3, -0.25) is 9.59 Å². The van der Waals surface area contributed by atoms with Crippen molar-refractivity contribution in [1.82, 2.24) is 20.8 Å². The maximum absolute atomic E-state index is 12.2. The largest absolute Gasteiger partial charge is 0.467 e. The van der Waals surface area contributed by atoms with E-state index in [1.54, 1.807) is 0 Å². The van der Waals surface area contributed by atoms with E-state index in [0.717, 1.165) is 38.5 Å². The molecule has 0 radical (unpaired) electrons. The number of hydrogen-bond acceptors (Lipinski definition) is 7. The average molecular weight is 408 g/mol. The van der Waals surface area contributed by atoms with Crippen LogP contribution in [0.5, 0.6) is 0 Å². The summed E-state index contributed by atoms with van der Waals surface area (Å²) in [5.74, 6) is -0.170. The summed E-state index contributed by atoms with van der Waals surface area (Å²) in [6.45, 7) is 5.16. The van der Waals surface area contributed by atoms with Gasteiger partial charge in [0.2, 0.25) is 17.7 Å². The molecule has 29 heavy (non-hydrogen) atoms. The van der Waals surface area contributed by atoms with Crippen molar-refractivity contribution < 1.29 is 23.6 Å². The minimum atomic E-state index is -0.695. The second-order valence-electron chi connectivity index (χ2n) is 8.00. The van der Waals surface area contributed by atoms with Gasteiger partial charge in [-0.25, -0.2) is 4.79 Å². The molecule has 0 aromatic carbocycles. The van der Waals surface area contributed by atoms with Crippen LogP contribution in [0.2, 0.25) is 0 Å². The first-order valence-corrected chi connectivity index (χ1v) is 10.3. The number of amides is 2. The molecule has 1 heterocycles. The van der Waals surface area contributed by atoms with Crippen molar-refractivity contribution in [2.45, 2.75) is 83.7 Å². The highest BCUT2D eigenvalue weighted by atomic mass is 16.5. The van der Waals surface area contributed by atoms with Gasteiger partial charge in [-0.2, -0.15) is 4.98 Å². The van der Waals surface area contributed by atoms with Crippen molar-refractivity contribution >= 4 is 17.8 Å². The van der Waals surface area contributed by atoms with E-state index in [1.165, 1.54) is 14.0 Å². The summed E-state index contributed by atoms with van der Waals surface area (Å²) in [6.07, 6.45) is 6.08. The van der Waals surface area contributed by atoms with Gasteiger partial charge in [0.1, 0.15) is 11.6 Å². The zero-order valence-corrected chi connectivity index (χ0v) is 17.7. The van der Waals surface area contributed by atoms with Crippen LogP contribution < -0.4 is 10.6 Å². The number of hydrogen-bond donors (Lipinski definition) is 2. The number of rotatable bonds is 8. The first kappa shape index (κ1) is 22.8. The molecule has 9 heteroatoms. The Bertz CT molecular complexity index is 707. The summed E-state index contributed by atoms with van der Waals surface area (Å²) in [5, 5.41) is 9.83. The molecule has 1 saturated carbocycles. The number of carbonyl (C=O) groups excluding carboxylic acids is 3. The Hall–Kier alpha value is -2.45. The Morgan fingerprint density at radius 1 is 1.17 bits per heavy atom. The molecule has 1 atom stereocenters. The molecule has 2 N–H and O–H groups in total. The molecule has 1 fully saturated rings. The lowest BCUT2D eigenvalue weighted by molar-refractivity contribution is -0.146. The van der Waals surface area contributed by atoms with Crippen LogP contribution in [0.3, 0.4) is 0 Å². The maximum Gasteiger partial charge on any atom is 0.328 e. The van der Waals surface area contributed by atoms with Gasteiger partial charge in [0.15, 0.2) is 5.82 Å². The van der Waals surface area contributed by atoms with E-state index < -0.39 is 17.6 Å². The van der Waals surface area contributed by atoms with E-state index >= 15 is 0 Å². The number of nitrogens with zero attached hydrogens (tertiary/aromatic N) is 2. The molecule has 0 unspecified atom stereocenters. The Labute approximate surface area is 171 Å². The monoisotopic (exact) mass is 408 g/mol. The molecule has 1 aromatic rings. The van der Waals surface area contributed by atoms with Gasteiger partial charge in [0, 0.05) is 19.8 Å². The van der Waals surface area contributed by atoms with Gasteiger partial charge in [-0.1, -0.05) is 44.7 Å². The SMILES string of the molecule is COC(=O)[C@@H](NC(=O)CCc1nc(C2(NC(C)=O)CCCCCC2)no1)C(C)C. The van der Waals surface area contributed by atoms with Crippen LogP contribution in [0.25, 0.3) is 0 Å². The summed E-state index contributed by atoms with van der Waals surface area (Å²) < 4.78 is 10.1. The topological polar surface area (TPSA) is 123 Å². The molecule has 1 aromatic heterocycles. The number of aryl methyl sites for hydroxylation is 1. The second kappa shape index (κ2) is 10.4. The van der Waals surface area contributed by atoms with E-state index in [1.807, 2.05) is 13.8 Å². The number of aromatic nitrogens is 2. The van der Waals surface area contributed by atoms with Crippen LogP contribution in [-0.2, 0) is 31.1 Å². The minimum absolute atomic E-state index is 0.0887. The molecule has 0 spiro atoms. The fourth-order valence-electron chi connectivity index (χ4n) is 3.72. The zero-order valence-electron chi connectivity index (χ0n) is 17.7. The van der Waals surface area contributed by atoms with E-state index in [9.17, 15) is 14.4 Å². The molecule has 162 valence electrons. The summed E-state index contributed by atoms with van der Waals surface area (Å²) in [7, 11) is 1.29. The third kappa shape index (κ3) is 6.27. The summed E-state index contributed by atoms with van der Waals surface area (Å²) in [5.41, 5.74) is -0.611. The molecule has 9 nitrogen and oxygen atoms in total. The number of methoxy groups -OCH3 is 1. The highest BCUT2D eigenvalue weighted by molar-refractivity contribution is 5.84. The maximum atomic E-state index is 12.2. The predicted octanol–water partition coefficient (Wildman–Crippen LogP) is 2.00. The van der Waals surface area contributed by atoms with Crippen molar-refractivity contribution in [3.05, 3.63) is 11.7 Å². The average Bonchev–Trinajstić information content (AvgIpc) is 3.03. The number of nitrogens with one attached hydrogen (secondary N) is 2. The fraction of sp³-hybridized carbons (Fsp3) is 0.750. The molecule has 2 rings (SSSR count). The van der Waals surface area contributed by atoms with E-state index in [2.05, 4.69) is 20.8 Å². The Morgan fingerprint density at radius 3 is 2.38 bits per heavy atom. The van der Waals surface area contributed by atoms with Crippen molar-refractivity contribution in [3.63, 3.8) is 0 Å². The van der Waals surface area contributed by atoms with Crippen LogP contribution >= 0.6 is 0 Å². The molecule has 0 bridgehead atoms. The van der Waals surface area contributed by atoms with Crippen molar-refractivity contribution in [2.75, 3.05) is 7.11 Å². The first-order valence-electron chi connectivity index (χ1n) is 10.3. The van der Waals surface area contributed by atoms with Gasteiger partial charge in [0.05, 0.1) is 7.11 Å². The Morgan fingerprint density at radius 2 is 1.83 bits per heavy atom. The Kier molecular flexibility index (Phi) is 8.16. The number of esters is 1. The molecule has 0 aliphatic heterocycles. The molecule has 2 amide bonds. The van der Waals surface area contributed by atoms with Crippen molar-refractivity contribution in [1.29, 1.82) is 0 Å². The quantitative estimate of drug-likeness (QED) is 0.498. The number of carbonyl (C=O) groups is 3. The third-order valence-corrected chi connectivity index (χ3v) is 5.27. The molecule has 0 saturated heterocycles. The van der Waals surface area contributed by atoms with Crippen LogP contribution in [-0.4, -0.2) is 41.1 Å². The lowest BCUT2D eigenvalue weighted by Crippen LogP contribution is -2.45. The first-order chi connectivity index (χ1) is 13.8. The molecular weight excluding hydrogens is 376 g/mol. The Balaban J connectivity index is 2.02. The fourth-order valence-corrected chi connectivity index (χ4v) is 3.72. The predicted molar refractivity (Wildman–Crippen MR) is 105 cm³/mol. The summed E-state index contributed by atoms with van der Waals surface area (Å²) >= 11 is 0. The van der Waals surface area contributed by atoms with Crippen LogP contribution in [0.4, 0.5) is 0 Å².